The third-order valence-corrected chi connectivity index (χ3v) is 1.56. The summed E-state index contributed by atoms with van der Waals surface area (Å²) in [7, 11) is 1.57. The molecule has 0 bridgehead atoms. The maximum atomic E-state index is 5.03. The monoisotopic (exact) mass is 164 g/mol. The standard InChI is InChI=1S/C7H8N4O/c1-5-3-11-4-8-10-6(11)7(9-5)12-2/h3-4H,1-2H3. The van der Waals surface area contributed by atoms with Crippen molar-refractivity contribution in [3.05, 3.63) is 18.2 Å². The van der Waals surface area contributed by atoms with Crippen molar-refractivity contribution in [3.8, 4) is 5.88 Å². The lowest BCUT2D eigenvalue weighted by atomic mass is 10.5. The Balaban J connectivity index is 2.80. The molecule has 2 aromatic rings. The van der Waals surface area contributed by atoms with Crippen LogP contribution in [0.4, 0.5) is 0 Å². The second-order valence-electron chi connectivity index (χ2n) is 2.45. The molecule has 0 aliphatic carbocycles. The van der Waals surface area contributed by atoms with Gasteiger partial charge in [0.2, 0.25) is 5.65 Å². The van der Waals surface area contributed by atoms with Gasteiger partial charge >= 0.3 is 0 Å². The van der Waals surface area contributed by atoms with Gasteiger partial charge in [0.25, 0.3) is 5.88 Å². The van der Waals surface area contributed by atoms with Crippen LogP contribution in [0.2, 0.25) is 0 Å². The molecule has 0 atom stereocenters. The fraction of sp³-hybridized carbons (Fsp3) is 0.286. The van der Waals surface area contributed by atoms with Crippen LogP contribution in [0.15, 0.2) is 12.5 Å². The number of ether oxygens (including phenoxy) is 1. The van der Waals surface area contributed by atoms with Crippen LogP contribution in [0.25, 0.3) is 5.65 Å². The Bertz CT molecular complexity index is 409. The van der Waals surface area contributed by atoms with Gasteiger partial charge in [-0.3, -0.25) is 4.40 Å². The van der Waals surface area contributed by atoms with Gasteiger partial charge in [-0.05, 0) is 6.92 Å². The zero-order chi connectivity index (χ0) is 8.55. The van der Waals surface area contributed by atoms with Gasteiger partial charge in [0, 0.05) is 6.20 Å². The molecule has 0 spiro atoms. The highest BCUT2D eigenvalue weighted by Gasteiger charge is 2.05. The molecular weight excluding hydrogens is 156 g/mol. The van der Waals surface area contributed by atoms with Crippen molar-refractivity contribution in [2.75, 3.05) is 7.11 Å². The van der Waals surface area contributed by atoms with Gasteiger partial charge < -0.3 is 4.74 Å². The smallest absolute Gasteiger partial charge is 0.260 e. The van der Waals surface area contributed by atoms with Crippen molar-refractivity contribution in [1.82, 2.24) is 19.6 Å². The maximum absolute atomic E-state index is 5.03. The molecule has 0 amide bonds. The Morgan fingerprint density at radius 1 is 1.50 bits per heavy atom. The summed E-state index contributed by atoms with van der Waals surface area (Å²) in [6, 6.07) is 0. The predicted molar refractivity (Wildman–Crippen MR) is 42.1 cm³/mol. The quantitative estimate of drug-likeness (QED) is 0.613. The van der Waals surface area contributed by atoms with Gasteiger partial charge in [-0.25, -0.2) is 4.98 Å². The Morgan fingerprint density at radius 2 is 2.33 bits per heavy atom. The number of hydrogen-bond acceptors (Lipinski definition) is 4. The summed E-state index contributed by atoms with van der Waals surface area (Å²) in [5.74, 6) is 0.507. The number of nitrogens with zero attached hydrogens (tertiary/aromatic N) is 4. The van der Waals surface area contributed by atoms with E-state index in [4.69, 9.17) is 4.74 Å². The Kier molecular flexibility index (Phi) is 1.43. The van der Waals surface area contributed by atoms with Gasteiger partial charge in [0.05, 0.1) is 12.8 Å². The molecule has 0 N–H and O–H groups in total. The Labute approximate surface area is 69.0 Å². The predicted octanol–water partition coefficient (Wildman–Crippen LogP) is 0.441. The molecule has 0 fully saturated rings. The highest BCUT2D eigenvalue weighted by atomic mass is 16.5. The first-order valence-electron chi connectivity index (χ1n) is 3.52. The highest BCUT2D eigenvalue weighted by Crippen LogP contribution is 2.13. The minimum atomic E-state index is 0.507. The Hall–Kier alpha value is -1.65. The minimum Gasteiger partial charge on any atom is -0.478 e. The lowest BCUT2D eigenvalue weighted by Gasteiger charge is -2.00. The lowest BCUT2D eigenvalue weighted by molar-refractivity contribution is 0.399. The topological polar surface area (TPSA) is 52.3 Å². The third kappa shape index (κ3) is 0.903. The van der Waals surface area contributed by atoms with E-state index in [1.165, 1.54) is 0 Å². The van der Waals surface area contributed by atoms with E-state index < -0.39 is 0 Å². The third-order valence-electron chi connectivity index (χ3n) is 1.56. The second-order valence-corrected chi connectivity index (χ2v) is 2.45. The van der Waals surface area contributed by atoms with E-state index in [1.54, 1.807) is 17.8 Å². The Morgan fingerprint density at radius 3 is 3.08 bits per heavy atom. The van der Waals surface area contributed by atoms with Crippen molar-refractivity contribution in [1.29, 1.82) is 0 Å². The number of aryl methyl sites for hydroxylation is 1. The molecule has 0 radical (unpaired) electrons. The first-order chi connectivity index (χ1) is 5.81. The van der Waals surface area contributed by atoms with Crippen LogP contribution in [-0.4, -0.2) is 26.7 Å². The van der Waals surface area contributed by atoms with E-state index in [1.807, 2.05) is 13.1 Å². The maximum Gasteiger partial charge on any atom is 0.260 e. The molecule has 62 valence electrons. The van der Waals surface area contributed by atoms with Crippen LogP contribution in [0, 0.1) is 6.92 Å². The first-order valence-corrected chi connectivity index (χ1v) is 3.52. The van der Waals surface area contributed by atoms with Crippen LogP contribution < -0.4 is 4.74 Å². The van der Waals surface area contributed by atoms with Crippen LogP contribution in [-0.2, 0) is 0 Å². The fourth-order valence-corrected chi connectivity index (χ4v) is 1.07. The van der Waals surface area contributed by atoms with E-state index in [0.717, 1.165) is 5.69 Å². The molecule has 2 aromatic heterocycles. The van der Waals surface area contributed by atoms with E-state index in [9.17, 15) is 0 Å². The number of fused-ring (bicyclic) bond motifs is 1. The highest BCUT2D eigenvalue weighted by molar-refractivity contribution is 5.47. The number of methoxy groups -OCH3 is 1. The summed E-state index contributed by atoms with van der Waals surface area (Å²) in [4.78, 5) is 4.15. The molecular formula is C7H8N4O. The molecule has 2 heterocycles. The van der Waals surface area contributed by atoms with Crippen molar-refractivity contribution in [3.63, 3.8) is 0 Å². The zero-order valence-electron chi connectivity index (χ0n) is 6.85. The largest absolute Gasteiger partial charge is 0.478 e. The van der Waals surface area contributed by atoms with Gasteiger partial charge in [-0.15, -0.1) is 10.2 Å². The van der Waals surface area contributed by atoms with Gasteiger partial charge in [0.15, 0.2) is 0 Å². The first kappa shape index (κ1) is 7.02. The SMILES string of the molecule is COc1nc(C)cn2cnnc12. The van der Waals surface area contributed by atoms with E-state index in [-0.39, 0.29) is 0 Å². The van der Waals surface area contributed by atoms with E-state index in [2.05, 4.69) is 15.2 Å². The second kappa shape index (κ2) is 2.44. The molecule has 0 aromatic carbocycles. The molecule has 0 saturated heterocycles. The zero-order valence-corrected chi connectivity index (χ0v) is 6.85. The molecule has 0 aliphatic heterocycles. The summed E-state index contributed by atoms with van der Waals surface area (Å²) in [5, 5.41) is 7.60. The van der Waals surface area contributed by atoms with Crippen LogP contribution in [0.3, 0.4) is 0 Å². The van der Waals surface area contributed by atoms with E-state index in [0.29, 0.717) is 11.5 Å². The van der Waals surface area contributed by atoms with Gasteiger partial charge in [-0.1, -0.05) is 0 Å². The summed E-state index contributed by atoms with van der Waals surface area (Å²) in [6.07, 6.45) is 3.46. The lowest BCUT2D eigenvalue weighted by Crippen LogP contribution is -1.95. The van der Waals surface area contributed by atoms with Crippen LogP contribution >= 0.6 is 0 Å². The fourth-order valence-electron chi connectivity index (χ4n) is 1.07. The molecule has 0 saturated carbocycles. The summed E-state index contributed by atoms with van der Waals surface area (Å²) < 4.78 is 6.81. The van der Waals surface area contributed by atoms with Crippen molar-refractivity contribution >= 4 is 5.65 Å². The molecule has 0 unspecified atom stereocenters. The van der Waals surface area contributed by atoms with Crippen molar-refractivity contribution < 1.29 is 4.74 Å². The van der Waals surface area contributed by atoms with Crippen LogP contribution in [0.5, 0.6) is 5.88 Å². The van der Waals surface area contributed by atoms with Gasteiger partial charge in [-0.2, -0.15) is 0 Å². The summed E-state index contributed by atoms with van der Waals surface area (Å²) in [6.45, 7) is 1.89. The van der Waals surface area contributed by atoms with Gasteiger partial charge in [0.1, 0.15) is 6.33 Å². The average molecular weight is 164 g/mol. The summed E-state index contributed by atoms with van der Waals surface area (Å²) >= 11 is 0. The van der Waals surface area contributed by atoms with Crippen molar-refractivity contribution in [2.45, 2.75) is 6.92 Å². The molecule has 5 heteroatoms. The number of rotatable bonds is 1. The average Bonchev–Trinajstić information content (AvgIpc) is 2.50. The molecule has 12 heavy (non-hydrogen) atoms. The number of hydrogen-bond donors (Lipinski definition) is 0. The summed E-state index contributed by atoms with van der Waals surface area (Å²) in [5.41, 5.74) is 1.52. The molecule has 5 nitrogen and oxygen atoms in total. The molecule has 0 aliphatic rings. The molecule has 2 rings (SSSR count). The van der Waals surface area contributed by atoms with E-state index >= 15 is 0 Å². The minimum absolute atomic E-state index is 0.507. The van der Waals surface area contributed by atoms with Crippen LogP contribution in [0.1, 0.15) is 5.69 Å². The van der Waals surface area contributed by atoms with Crippen molar-refractivity contribution in [2.24, 2.45) is 0 Å². The number of aromatic nitrogens is 4. The normalized spacial score (nSPS) is 10.5.